The first-order valence-corrected chi connectivity index (χ1v) is 11.8. The Morgan fingerprint density at radius 3 is 2.45 bits per heavy atom. The van der Waals surface area contributed by atoms with Gasteiger partial charge in [0.1, 0.15) is 0 Å². The van der Waals surface area contributed by atoms with Crippen molar-refractivity contribution in [1.82, 2.24) is 10.2 Å². The van der Waals surface area contributed by atoms with Crippen molar-refractivity contribution in [2.75, 3.05) is 37.6 Å². The highest BCUT2D eigenvalue weighted by Crippen LogP contribution is 2.35. The maximum absolute atomic E-state index is 14.4. The molecule has 0 aromatic heterocycles. The summed E-state index contributed by atoms with van der Waals surface area (Å²) in [5, 5.41) is 11.6. The monoisotopic (exact) mass is 468 g/mol. The number of benzene rings is 1. The molecule has 1 saturated carbocycles. The van der Waals surface area contributed by atoms with Crippen molar-refractivity contribution >= 4 is 11.6 Å². The van der Waals surface area contributed by atoms with Crippen molar-refractivity contribution in [3.63, 3.8) is 0 Å². The molecule has 0 radical (unpaired) electrons. The Balaban J connectivity index is 1.37. The van der Waals surface area contributed by atoms with Crippen LogP contribution in [0.2, 0.25) is 0 Å². The molecule has 1 aliphatic carbocycles. The van der Waals surface area contributed by atoms with E-state index in [4.69, 9.17) is 5.26 Å². The van der Waals surface area contributed by atoms with E-state index < -0.39 is 17.6 Å². The summed E-state index contributed by atoms with van der Waals surface area (Å²) in [5.41, 5.74) is -1.19. The lowest BCUT2D eigenvalue weighted by Gasteiger charge is -2.37. The number of carbonyl (C=O) groups excluding carboxylic acids is 1. The van der Waals surface area contributed by atoms with Crippen LogP contribution in [0.3, 0.4) is 0 Å². The molecule has 0 spiro atoms. The lowest BCUT2D eigenvalue weighted by atomic mass is 9.84. The first kappa shape index (κ1) is 25.3. The summed E-state index contributed by atoms with van der Waals surface area (Å²) in [7, 11) is 0. The fraction of sp³-hybridized carbons (Fsp3) is 0.667. The van der Waals surface area contributed by atoms with Crippen molar-refractivity contribution in [3.8, 4) is 6.07 Å². The van der Waals surface area contributed by atoms with Gasteiger partial charge < -0.3 is 10.2 Å². The van der Waals surface area contributed by atoms with Gasteiger partial charge in [0.2, 0.25) is 5.91 Å². The zero-order chi connectivity index (χ0) is 23.8. The maximum Gasteiger partial charge on any atom is 0.419 e. The molecule has 0 atom stereocenters. The minimum Gasteiger partial charge on any atom is -0.367 e. The summed E-state index contributed by atoms with van der Waals surface area (Å²) < 4.78 is 53.4. The van der Waals surface area contributed by atoms with Crippen molar-refractivity contribution in [1.29, 1.82) is 5.26 Å². The first-order valence-electron chi connectivity index (χ1n) is 11.8. The van der Waals surface area contributed by atoms with Gasteiger partial charge in [0.25, 0.3) is 0 Å². The molecule has 9 heteroatoms. The number of rotatable bonds is 8. The van der Waals surface area contributed by atoms with Crippen molar-refractivity contribution in [3.05, 3.63) is 29.6 Å². The Hall–Kier alpha value is -2.34. The van der Waals surface area contributed by atoms with Crippen LogP contribution in [0.25, 0.3) is 0 Å². The molecule has 1 heterocycles. The fourth-order valence-electron chi connectivity index (χ4n) is 4.78. The van der Waals surface area contributed by atoms with Crippen LogP contribution in [0.1, 0.15) is 56.9 Å². The summed E-state index contributed by atoms with van der Waals surface area (Å²) in [5.74, 6) is -0.549. The molecule has 1 N–H and O–H groups in total. The van der Waals surface area contributed by atoms with E-state index in [9.17, 15) is 22.4 Å². The Morgan fingerprint density at radius 1 is 1.12 bits per heavy atom. The van der Waals surface area contributed by atoms with E-state index in [2.05, 4.69) is 10.2 Å². The van der Waals surface area contributed by atoms with E-state index >= 15 is 0 Å². The van der Waals surface area contributed by atoms with Crippen LogP contribution in [-0.2, 0) is 11.0 Å². The van der Waals surface area contributed by atoms with E-state index in [0.717, 1.165) is 44.7 Å². The van der Waals surface area contributed by atoms with Crippen LogP contribution >= 0.6 is 0 Å². The second-order valence-electron chi connectivity index (χ2n) is 9.05. The lowest BCUT2D eigenvalue weighted by molar-refractivity contribution is -0.139. The third-order valence-electron chi connectivity index (χ3n) is 6.75. The summed E-state index contributed by atoms with van der Waals surface area (Å²) >= 11 is 0. The van der Waals surface area contributed by atoms with Gasteiger partial charge in [0.15, 0.2) is 5.82 Å². The van der Waals surface area contributed by atoms with Gasteiger partial charge in [-0.05, 0) is 63.1 Å². The number of piperazine rings is 1. The minimum atomic E-state index is -4.69. The average Bonchev–Trinajstić information content (AvgIpc) is 2.79. The predicted molar refractivity (Wildman–Crippen MR) is 118 cm³/mol. The zero-order valence-corrected chi connectivity index (χ0v) is 18.8. The van der Waals surface area contributed by atoms with Crippen LogP contribution in [0.4, 0.5) is 23.2 Å². The molecule has 182 valence electrons. The van der Waals surface area contributed by atoms with E-state index in [1.165, 1.54) is 12.1 Å². The molecule has 2 aliphatic rings. The topological polar surface area (TPSA) is 59.4 Å². The van der Waals surface area contributed by atoms with Gasteiger partial charge in [-0.3, -0.25) is 9.69 Å². The molecule has 33 heavy (non-hydrogen) atoms. The third kappa shape index (κ3) is 7.32. The highest BCUT2D eigenvalue weighted by Gasteiger charge is 2.36. The average molecular weight is 469 g/mol. The highest BCUT2D eigenvalue weighted by molar-refractivity contribution is 5.76. The Morgan fingerprint density at radius 2 is 1.82 bits per heavy atom. The molecular weight excluding hydrogens is 436 g/mol. The summed E-state index contributed by atoms with van der Waals surface area (Å²) in [4.78, 5) is 15.9. The van der Waals surface area contributed by atoms with E-state index in [0.29, 0.717) is 51.4 Å². The van der Waals surface area contributed by atoms with Gasteiger partial charge in [-0.15, -0.1) is 0 Å². The second-order valence-corrected chi connectivity index (χ2v) is 9.05. The lowest BCUT2D eigenvalue weighted by Crippen LogP contribution is -2.47. The summed E-state index contributed by atoms with van der Waals surface area (Å²) in [6.45, 7) is 3.33. The smallest absolute Gasteiger partial charge is 0.367 e. The minimum absolute atomic E-state index is 0.0254. The fourth-order valence-corrected chi connectivity index (χ4v) is 4.78. The molecule has 1 aromatic carbocycles. The standard InChI is InChI=1S/C24H32F4N4O/c25-23-20(24(26,27)28)4-3-5-21(23)32-16-14-31(15-17-32)13-11-18-7-9-19(10-8-18)30-22(33)6-1-2-12-29/h3-5,18-19H,1-2,6-11,13-17H2,(H,30,33). The van der Waals surface area contributed by atoms with Gasteiger partial charge in [-0.2, -0.15) is 18.4 Å². The van der Waals surface area contributed by atoms with Crippen molar-refractivity contribution < 1.29 is 22.4 Å². The summed E-state index contributed by atoms with van der Waals surface area (Å²) in [6.07, 6.45) is 1.85. The van der Waals surface area contributed by atoms with Crippen LogP contribution < -0.4 is 10.2 Å². The summed E-state index contributed by atoms with van der Waals surface area (Å²) in [6, 6.07) is 5.74. The molecule has 5 nitrogen and oxygen atoms in total. The number of amides is 1. The van der Waals surface area contributed by atoms with Crippen LogP contribution in [0.15, 0.2) is 18.2 Å². The number of nitrogens with zero attached hydrogens (tertiary/aromatic N) is 3. The molecule has 0 bridgehead atoms. The highest BCUT2D eigenvalue weighted by atomic mass is 19.4. The van der Waals surface area contributed by atoms with Gasteiger partial charge >= 0.3 is 6.18 Å². The van der Waals surface area contributed by atoms with E-state index in [1.54, 1.807) is 4.90 Å². The number of nitriles is 1. The molecule has 1 aliphatic heterocycles. The predicted octanol–water partition coefficient (Wildman–Crippen LogP) is 4.73. The number of nitrogens with one attached hydrogen (secondary N) is 1. The number of halogens is 4. The van der Waals surface area contributed by atoms with Gasteiger partial charge in [0.05, 0.1) is 17.3 Å². The number of hydrogen-bond acceptors (Lipinski definition) is 4. The van der Waals surface area contributed by atoms with Gasteiger partial charge in [-0.1, -0.05) is 6.07 Å². The van der Waals surface area contributed by atoms with Crippen LogP contribution in [-0.4, -0.2) is 49.6 Å². The molecule has 1 aromatic rings. The third-order valence-corrected chi connectivity index (χ3v) is 6.75. The first-order chi connectivity index (χ1) is 15.8. The number of hydrogen-bond donors (Lipinski definition) is 1. The van der Waals surface area contributed by atoms with Crippen molar-refractivity contribution in [2.24, 2.45) is 5.92 Å². The molecule has 2 fully saturated rings. The van der Waals surface area contributed by atoms with Crippen LogP contribution in [0.5, 0.6) is 0 Å². The molecule has 1 amide bonds. The maximum atomic E-state index is 14.4. The van der Waals surface area contributed by atoms with Gasteiger partial charge in [0, 0.05) is 45.1 Å². The zero-order valence-electron chi connectivity index (χ0n) is 18.8. The van der Waals surface area contributed by atoms with Gasteiger partial charge in [-0.25, -0.2) is 4.39 Å². The molecular formula is C24H32F4N4O. The molecule has 3 rings (SSSR count). The van der Waals surface area contributed by atoms with E-state index in [1.807, 2.05) is 6.07 Å². The second kappa shape index (κ2) is 11.7. The number of carbonyl (C=O) groups is 1. The molecule has 1 saturated heterocycles. The number of unbranched alkanes of at least 4 members (excludes halogenated alkanes) is 1. The number of alkyl halides is 3. The molecule has 0 unspecified atom stereocenters. The Labute approximate surface area is 192 Å². The number of anilines is 1. The largest absolute Gasteiger partial charge is 0.419 e. The van der Waals surface area contributed by atoms with Crippen molar-refractivity contribution in [2.45, 2.75) is 63.6 Å². The Kier molecular flexibility index (Phi) is 8.95. The van der Waals surface area contributed by atoms with E-state index in [-0.39, 0.29) is 17.6 Å². The quantitative estimate of drug-likeness (QED) is 0.443. The normalized spacial score (nSPS) is 22.1. The van der Waals surface area contributed by atoms with Crippen LogP contribution in [0, 0.1) is 23.1 Å². The SMILES string of the molecule is N#CCCCC(=O)NC1CCC(CCN2CCN(c3cccc(C(F)(F)F)c3F)CC2)CC1. The Bertz CT molecular complexity index is 823.